The number of amidine groups is 1. The van der Waals surface area contributed by atoms with Crippen molar-refractivity contribution in [3.8, 4) is 11.1 Å². The summed E-state index contributed by atoms with van der Waals surface area (Å²) >= 11 is 2.90. The van der Waals surface area contributed by atoms with Gasteiger partial charge >= 0.3 is 0 Å². The first kappa shape index (κ1) is 15.2. The third-order valence-corrected chi connectivity index (χ3v) is 5.49. The third-order valence-electron chi connectivity index (χ3n) is 3.53. The first-order valence-corrected chi connectivity index (χ1v) is 8.89. The molecule has 0 saturated carbocycles. The molecule has 0 spiro atoms. The average molecular weight is 357 g/mol. The van der Waals surface area contributed by atoms with Crippen molar-refractivity contribution < 1.29 is 4.39 Å². The predicted octanol–water partition coefficient (Wildman–Crippen LogP) is 3.88. The number of rotatable bonds is 2. The van der Waals surface area contributed by atoms with Crippen molar-refractivity contribution in [3.63, 3.8) is 0 Å². The minimum atomic E-state index is -0.256. The van der Waals surface area contributed by atoms with Crippen LogP contribution in [-0.2, 0) is 0 Å². The molecule has 0 bridgehead atoms. The van der Waals surface area contributed by atoms with Crippen LogP contribution in [-0.4, -0.2) is 40.0 Å². The van der Waals surface area contributed by atoms with Crippen molar-refractivity contribution in [2.45, 2.75) is 5.03 Å². The average Bonchev–Trinajstić information content (AvgIpc) is 3.02. The number of hydrogen-bond acceptors (Lipinski definition) is 7. The molecule has 0 amide bonds. The summed E-state index contributed by atoms with van der Waals surface area (Å²) < 4.78 is 14.2. The number of aromatic nitrogens is 2. The number of benzene rings is 1. The molecule has 0 atom stereocenters. The summed E-state index contributed by atoms with van der Waals surface area (Å²) in [5.41, 5.74) is 1.36. The van der Waals surface area contributed by atoms with Gasteiger partial charge in [-0.2, -0.15) is 5.10 Å². The number of thioether (sulfide) groups is 1. The van der Waals surface area contributed by atoms with Gasteiger partial charge in [-0.3, -0.25) is 4.99 Å². The standard InChI is InChI=1S/C16H12FN5S2/c1-22-16(18-6-7-21-22)24-15-13-11(8-23-14(13)19-9-20-15)10-4-2-3-5-12(10)17/h2-5,7-9H,6H2,1H3. The molecule has 3 aromatic rings. The highest BCUT2D eigenvalue weighted by Crippen LogP contribution is 2.39. The lowest BCUT2D eigenvalue weighted by Crippen LogP contribution is -2.22. The van der Waals surface area contributed by atoms with Crippen LogP contribution in [0.4, 0.5) is 4.39 Å². The Hall–Kier alpha value is -2.32. The number of thiophene rings is 1. The molecule has 3 heterocycles. The lowest BCUT2D eigenvalue weighted by atomic mass is 10.1. The van der Waals surface area contributed by atoms with Crippen molar-refractivity contribution in [3.05, 3.63) is 41.8 Å². The molecule has 0 fully saturated rings. The summed E-state index contributed by atoms with van der Waals surface area (Å²) in [7, 11) is 1.84. The van der Waals surface area contributed by atoms with Crippen molar-refractivity contribution >= 4 is 44.7 Å². The molecule has 8 heteroatoms. The summed E-state index contributed by atoms with van der Waals surface area (Å²) in [6.07, 6.45) is 3.27. The molecule has 5 nitrogen and oxygen atoms in total. The molecular weight excluding hydrogens is 345 g/mol. The van der Waals surface area contributed by atoms with E-state index in [0.29, 0.717) is 12.1 Å². The molecule has 0 saturated heterocycles. The molecule has 4 rings (SSSR count). The third kappa shape index (κ3) is 2.67. The Balaban J connectivity index is 1.84. The van der Waals surface area contributed by atoms with E-state index in [-0.39, 0.29) is 5.82 Å². The Labute approximate surface area is 146 Å². The van der Waals surface area contributed by atoms with Gasteiger partial charge in [0.1, 0.15) is 22.0 Å². The van der Waals surface area contributed by atoms with Gasteiger partial charge in [0.15, 0.2) is 5.17 Å². The van der Waals surface area contributed by atoms with E-state index in [1.165, 1.54) is 35.5 Å². The molecule has 1 aliphatic rings. The smallest absolute Gasteiger partial charge is 0.186 e. The zero-order valence-corrected chi connectivity index (χ0v) is 14.3. The van der Waals surface area contributed by atoms with Crippen molar-refractivity contribution in [1.29, 1.82) is 0 Å². The Kier molecular flexibility index (Phi) is 3.99. The minimum Gasteiger partial charge on any atom is -0.255 e. The number of nitrogens with zero attached hydrogens (tertiary/aromatic N) is 5. The van der Waals surface area contributed by atoms with Gasteiger partial charge in [-0.25, -0.2) is 19.4 Å². The zero-order valence-electron chi connectivity index (χ0n) is 12.7. The van der Waals surface area contributed by atoms with Crippen LogP contribution in [0, 0.1) is 5.82 Å². The topological polar surface area (TPSA) is 53.7 Å². The molecule has 0 unspecified atom stereocenters. The summed E-state index contributed by atoms with van der Waals surface area (Å²) in [5, 5.41) is 10.2. The summed E-state index contributed by atoms with van der Waals surface area (Å²) in [4.78, 5) is 14.0. The first-order valence-electron chi connectivity index (χ1n) is 7.19. The summed E-state index contributed by atoms with van der Waals surface area (Å²) in [5.74, 6) is -0.256. The van der Waals surface area contributed by atoms with Gasteiger partial charge in [0.2, 0.25) is 0 Å². The van der Waals surface area contributed by atoms with Gasteiger partial charge < -0.3 is 0 Å². The lowest BCUT2D eigenvalue weighted by Gasteiger charge is -2.17. The van der Waals surface area contributed by atoms with E-state index in [9.17, 15) is 4.39 Å². The van der Waals surface area contributed by atoms with Crippen LogP contribution >= 0.6 is 23.1 Å². The van der Waals surface area contributed by atoms with Gasteiger partial charge in [-0.1, -0.05) is 18.2 Å². The number of hydrazone groups is 1. The fourth-order valence-corrected chi connectivity index (χ4v) is 4.29. The second-order valence-electron chi connectivity index (χ2n) is 5.04. The summed E-state index contributed by atoms with van der Waals surface area (Å²) in [6, 6.07) is 6.74. The highest BCUT2D eigenvalue weighted by atomic mass is 32.2. The number of fused-ring (bicyclic) bond motifs is 1. The van der Waals surface area contributed by atoms with E-state index in [2.05, 4.69) is 20.1 Å². The van der Waals surface area contributed by atoms with Gasteiger partial charge in [-0.15, -0.1) is 11.3 Å². The van der Waals surface area contributed by atoms with E-state index in [4.69, 9.17) is 0 Å². The lowest BCUT2D eigenvalue weighted by molar-refractivity contribution is 0.549. The minimum absolute atomic E-state index is 0.256. The Morgan fingerprint density at radius 3 is 2.92 bits per heavy atom. The van der Waals surface area contributed by atoms with Crippen LogP contribution < -0.4 is 0 Å². The fraction of sp³-hybridized carbons (Fsp3) is 0.125. The Morgan fingerprint density at radius 2 is 2.08 bits per heavy atom. The van der Waals surface area contributed by atoms with E-state index < -0.39 is 0 Å². The SMILES string of the molecule is CN1N=CCN=C1Sc1ncnc2scc(-c3ccccc3F)c12. The molecular formula is C16H12FN5S2. The van der Waals surface area contributed by atoms with E-state index >= 15 is 0 Å². The van der Waals surface area contributed by atoms with Crippen molar-refractivity contribution in [2.75, 3.05) is 13.6 Å². The van der Waals surface area contributed by atoms with Crippen LogP contribution in [0.5, 0.6) is 0 Å². The monoisotopic (exact) mass is 357 g/mol. The first-order chi connectivity index (χ1) is 11.7. The second-order valence-corrected chi connectivity index (χ2v) is 6.85. The van der Waals surface area contributed by atoms with Gasteiger partial charge in [0, 0.05) is 29.8 Å². The van der Waals surface area contributed by atoms with Crippen molar-refractivity contribution in [2.24, 2.45) is 10.1 Å². The van der Waals surface area contributed by atoms with Gasteiger partial charge in [0.25, 0.3) is 0 Å². The maximum absolute atomic E-state index is 14.2. The molecule has 0 radical (unpaired) electrons. The molecule has 0 aliphatic carbocycles. The molecule has 0 N–H and O–H groups in total. The van der Waals surface area contributed by atoms with Crippen LogP contribution in [0.15, 0.2) is 51.1 Å². The normalized spacial score (nSPS) is 14.2. The number of halogens is 1. The highest BCUT2D eigenvalue weighted by Gasteiger charge is 2.19. The van der Waals surface area contributed by atoms with Crippen LogP contribution in [0.2, 0.25) is 0 Å². The van der Waals surface area contributed by atoms with Gasteiger partial charge in [0.05, 0.1) is 11.9 Å². The number of aliphatic imine (C=N–C) groups is 1. The largest absolute Gasteiger partial charge is 0.255 e. The maximum atomic E-state index is 14.2. The van der Waals surface area contributed by atoms with E-state index in [0.717, 1.165) is 26.0 Å². The van der Waals surface area contributed by atoms with Crippen LogP contribution in [0.1, 0.15) is 0 Å². The number of hydrogen-bond donors (Lipinski definition) is 0. The molecule has 120 valence electrons. The predicted molar refractivity (Wildman–Crippen MR) is 97.2 cm³/mol. The van der Waals surface area contributed by atoms with E-state index in [1.807, 2.05) is 18.5 Å². The van der Waals surface area contributed by atoms with E-state index in [1.54, 1.807) is 23.4 Å². The molecule has 1 aromatic carbocycles. The molecule has 24 heavy (non-hydrogen) atoms. The van der Waals surface area contributed by atoms with Gasteiger partial charge in [-0.05, 0) is 17.8 Å². The quantitative estimate of drug-likeness (QED) is 0.653. The highest BCUT2D eigenvalue weighted by molar-refractivity contribution is 8.13. The summed E-state index contributed by atoms with van der Waals surface area (Å²) in [6.45, 7) is 0.546. The second kappa shape index (κ2) is 6.29. The molecule has 1 aliphatic heterocycles. The van der Waals surface area contributed by atoms with Crippen molar-refractivity contribution in [1.82, 2.24) is 15.0 Å². The Bertz CT molecular complexity index is 966. The molecule has 2 aromatic heterocycles. The zero-order chi connectivity index (χ0) is 16.5. The van der Waals surface area contributed by atoms with Crippen LogP contribution in [0.25, 0.3) is 21.3 Å². The Morgan fingerprint density at radius 1 is 1.21 bits per heavy atom. The van der Waals surface area contributed by atoms with Crippen LogP contribution in [0.3, 0.4) is 0 Å². The fourth-order valence-electron chi connectivity index (χ4n) is 2.42. The maximum Gasteiger partial charge on any atom is 0.186 e.